The Morgan fingerprint density at radius 1 is 1.63 bits per heavy atom. The molecule has 19 heavy (non-hydrogen) atoms. The quantitative estimate of drug-likeness (QED) is 0.859. The molecule has 0 aromatic carbocycles. The monoisotopic (exact) mass is 256 g/mol. The van der Waals surface area contributed by atoms with E-state index in [1.165, 1.54) is 0 Å². The number of aromatic amines is 1. The Morgan fingerprint density at radius 2 is 2.42 bits per heavy atom. The summed E-state index contributed by atoms with van der Waals surface area (Å²) in [5.74, 6) is 0.665. The van der Waals surface area contributed by atoms with Crippen LogP contribution in [0.5, 0.6) is 0 Å². The van der Waals surface area contributed by atoms with E-state index in [-0.39, 0.29) is 6.61 Å². The van der Waals surface area contributed by atoms with E-state index in [1.54, 1.807) is 6.20 Å². The highest BCUT2D eigenvalue weighted by molar-refractivity contribution is 5.51. The van der Waals surface area contributed by atoms with Gasteiger partial charge in [0.05, 0.1) is 5.56 Å². The molecule has 1 saturated carbocycles. The summed E-state index contributed by atoms with van der Waals surface area (Å²) in [6.07, 6.45) is 8.98. The number of nitrogens with one attached hydrogen (secondary N) is 1. The molecule has 100 valence electrons. The number of hydrogen-bond acceptors (Lipinski definition) is 2. The minimum absolute atomic E-state index is 0.225. The Balaban J connectivity index is 2.39. The van der Waals surface area contributed by atoms with Crippen LogP contribution >= 0.6 is 0 Å². The normalized spacial score (nSPS) is 24.7. The van der Waals surface area contributed by atoms with Gasteiger partial charge >= 0.3 is 0 Å². The third kappa shape index (κ3) is 2.64. The number of rotatable bonds is 3. The Bertz CT molecular complexity index is 618. The van der Waals surface area contributed by atoms with Gasteiger partial charge in [-0.05, 0) is 37.7 Å². The van der Waals surface area contributed by atoms with Crippen molar-refractivity contribution in [2.45, 2.75) is 26.2 Å². The maximum atomic E-state index is 9.39. The summed E-state index contributed by atoms with van der Waals surface area (Å²) < 4.78 is 0. The van der Waals surface area contributed by atoms with E-state index < -0.39 is 0 Å². The summed E-state index contributed by atoms with van der Waals surface area (Å²) >= 11 is 0. The first-order valence-electron chi connectivity index (χ1n) is 6.76. The van der Waals surface area contributed by atoms with Gasteiger partial charge in [-0.15, -0.1) is 0 Å². The number of hydrogen-bond donors (Lipinski definition) is 2. The smallest absolute Gasteiger partial charge is 0.101 e. The van der Waals surface area contributed by atoms with Crippen LogP contribution in [0.15, 0.2) is 18.3 Å². The molecule has 0 aliphatic heterocycles. The SMILES string of the molecule is C=C(/C=c1/c(C#N)c[nH]/c1=C/C)[C@@H]1CCC[C@@H]1CO. The standard InChI is InChI=1S/C16H20N2O/c1-3-16-15(13(8-17)9-18-16)7-11(2)14-6-4-5-12(14)10-19/h3,7,9,12,14,18-19H,2,4-6,10H2,1H3/b15-7-,16-3+/t12-,14+/m1/s1. The second kappa shape index (κ2) is 5.90. The zero-order valence-electron chi connectivity index (χ0n) is 11.3. The first-order chi connectivity index (χ1) is 9.21. The van der Waals surface area contributed by atoms with Crippen LogP contribution in [-0.2, 0) is 0 Å². The van der Waals surface area contributed by atoms with Gasteiger partial charge < -0.3 is 10.1 Å². The van der Waals surface area contributed by atoms with Crippen molar-refractivity contribution in [3.05, 3.63) is 34.5 Å². The first kappa shape index (κ1) is 13.6. The van der Waals surface area contributed by atoms with Crippen LogP contribution in [0.1, 0.15) is 31.7 Å². The fourth-order valence-electron chi connectivity index (χ4n) is 2.97. The van der Waals surface area contributed by atoms with E-state index in [1.807, 2.05) is 19.1 Å². The molecule has 0 radical (unpaired) electrons. The van der Waals surface area contributed by atoms with Crippen LogP contribution in [0.4, 0.5) is 0 Å². The lowest BCUT2D eigenvalue weighted by Gasteiger charge is -2.17. The van der Waals surface area contributed by atoms with Crippen LogP contribution < -0.4 is 10.6 Å². The number of aliphatic hydroxyl groups excluding tert-OH is 1. The Labute approximate surface area is 113 Å². The summed E-state index contributed by atoms with van der Waals surface area (Å²) in [5, 5.41) is 20.4. The van der Waals surface area contributed by atoms with Gasteiger partial charge in [0.1, 0.15) is 6.07 Å². The van der Waals surface area contributed by atoms with Crippen molar-refractivity contribution < 1.29 is 5.11 Å². The maximum Gasteiger partial charge on any atom is 0.101 e. The van der Waals surface area contributed by atoms with Crippen molar-refractivity contribution in [2.75, 3.05) is 6.61 Å². The molecule has 2 atom stereocenters. The molecule has 0 unspecified atom stereocenters. The van der Waals surface area contributed by atoms with Crippen molar-refractivity contribution >= 4 is 12.2 Å². The predicted octanol–water partition coefficient (Wildman–Crippen LogP) is 1.43. The molecule has 1 fully saturated rings. The number of allylic oxidation sites excluding steroid dienone is 1. The van der Waals surface area contributed by atoms with Crippen LogP contribution in [-0.4, -0.2) is 16.7 Å². The summed E-state index contributed by atoms with van der Waals surface area (Å²) in [4.78, 5) is 3.10. The van der Waals surface area contributed by atoms with Gasteiger partial charge in [-0.3, -0.25) is 0 Å². The number of nitrogens with zero attached hydrogens (tertiary/aromatic N) is 1. The fraction of sp³-hybridized carbons (Fsp3) is 0.438. The van der Waals surface area contributed by atoms with Crippen molar-refractivity contribution in [1.82, 2.24) is 4.98 Å². The molecule has 3 heteroatoms. The Kier molecular flexibility index (Phi) is 4.24. The minimum atomic E-state index is 0.225. The average molecular weight is 256 g/mol. The molecule has 3 nitrogen and oxygen atoms in total. The second-order valence-electron chi connectivity index (χ2n) is 5.13. The van der Waals surface area contributed by atoms with Gasteiger partial charge in [0.25, 0.3) is 0 Å². The Hall–Kier alpha value is -1.79. The van der Waals surface area contributed by atoms with Crippen LogP contribution in [0.2, 0.25) is 0 Å². The van der Waals surface area contributed by atoms with Gasteiger partial charge in [-0.25, -0.2) is 0 Å². The molecule has 1 aromatic rings. The third-order valence-electron chi connectivity index (χ3n) is 4.06. The summed E-state index contributed by atoms with van der Waals surface area (Å²) in [6.45, 7) is 6.33. The molecule has 1 aromatic heterocycles. The van der Waals surface area contributed by atoms with Crippen molar-refractivity contribution in [2.24, 2.45) is 11.8 Å². The highest BCUT2D eigenvalue weighted by Gasteiger charge is 2.27. The molecular formula is C16H20N2O. The second-order valence-corrected chi connectivity index (χ2v) is 5.13. The number of nitriles is 1. The highest BCUT2D eigenvalue weighted by atomic mass is 16.3. The molecule has 1 aliphatic rings. The highest BCUT2D eigenvalue weighted by Crippen LogP contribution is 2.36. The topological polar surface area (TPSA) is 59.8 Å². The van der Waals surface area contributed by atoms with Crippen LogP contribution in [0, 0.1) is 23.2 Å². The number of H-pyrrole nitrogens is 1. The zero-order valence-corrected chi connectivity index (χ0v) is 11.3. The minimum Gasteiger partial charge on any atom is -0.396 e. The van der Waals surface area contributed by atoms with Crippen LogP contribution in [0.25, 0.3) is 12.2 Å². The van der Waals surface area contributed by atoms with Gasteiger partial charge in [0.15, 0.2) is 0 Å². The lowest BCUT2D eigenvalue weighted by Crippen LogP contribution is -2.25. The molecule has 2 N–H and O–H groups in total. The van der Waals surface area contributed by atoms with E-state index in [4.69, 9.17) is 5.26 Å². The van der Waals surface area contributed by atoms with Crippen molar-refractivity contribution in [1.29, 1.82) is 5.26 Å². The fourth-order valence-corrected chi connectivity index (χ4v) is 2.97. The molecular weight excluding hydrogens is 236 g/mol. The summed E-state index contributed by atoms with van der Waals surface area (Å²) in [5.41, 5.74) is 1.67. The zero-order chi connectivity index (χ0) is 13.8. The van der Waals surface area contributed by atoms with Gasteiger partial charge in [0.2, 0.25) is 0 Å². The van der Waals surface area contributed by atoms with Crippen molar-refractivity contribution in [3.63, 3.8) is 0 Å². The molecule has 0 spiro atoms. The van der Waals surface area contributed by atoms with Gasteiger partial charge in [-0.1, -0.05) is 24.6 Å². The van der Waals surface area contributed by atoms with E-state index in [0.717, 1.165) is 35.4 Å². The average Bonchev–Trinajstić information content (AvgIpc) is 3.04. The molecule has 1 heterocycles. The van der Waals surface area contributed by atoms with E-state index >= 15 is 0 Å². The lowest BCUT2D eigenvalue weighted by molar-refractivity contribution is 0.208. The predicted molar refractivity (Wildman–Crippen MR) is 76.4 cm³/mol. The van der Waals surface area contributed by atoms with E-state index in [0.29, 0.717) is 17.4 Å². The summed E-state index contributed by atoms with van der Waals surface area (Å²) in [6, 6.07) is 2.20. The van der Waals surface area contributed by atoms with E-state index in [2.05, 4.69) is 17.6 Å². The number of aliphatic hydroxyl groups is 1. The molecule has 0 bridgehead atoms. The molecule has 2 rings (SSSR count). The first-order valence-corrected chi connectivity index (χ1v) is 6.76. The molecule has 0 saturated heterocycles. The Morgan fingerprint density at radius 3 is 3.05 bits per heavy atom. The molecule has 1 aliphatic carbocycles. The molecule has 0 amide bonds. The summed E-state index contributed by atoms with van der Waals surface area (Å²) in [7, 11) is 0. The lowest BCUT2D eigenvalue weighted by atomic mass is 9.89. The maximum absolute atomic E-state index is 9.39. The third-order valence-corrected chi connectivity index (χ3v) is 4.06. The van der Waals surface area contributed by atoms with Crippen molar-refractivity contribution in [3.8, 4) is 6.07 Å². The number of aromatic nitrogens is 1. The van der Waals surface area contributed by atoms with Gasteiger partial charge in [-0.2, -0.15) is 5.26 Å². The van der Waals surface area contributed by atoms with Gasteiger partial charge in [0, 0.05) is 23.4 Å². The van der Waals surface area contributed by atoms with Crippen LogP contribution in [0.3, 0.4) is 0 Å². The van der Waals surface area contributed by atoms with E-state index in [9.17, 15) is 5.11 Å². The largest absolute Gasteiger partial charge is 0.396 e.